The number of aromatic nitrogens is 2. The van der Waals surface area contributed by atoms with E-state index in [9.17, 15) is 9.59 Å². The van der Waals surface area contributed by atoms with E-state index in [1.54, 1.807) is 17.7 Å². The Kier molecular flexibility index (Phi) is 7.79. The summed E-state index contributed by atoms with van der Waals surface area (Å²) in [6.45, 7) is 1.17. The lowest BCUT2D eigenvalue weighted by Gasteiger charge is -2.08. The summed E-state index contributed by atoms with van der Waals surface area (Å²) < 4.78 is 7.18. The SMILES string of the molecule is COc1ccc(CCNC(=O)CCCCCn2c(=S)[nH]c3ccccc3c2=O)cc1. The first-order valence-corrected chi connectivity index (χ1v) is 10.6. The van der Waals surface area contributed by atoms with E-state index in [0.717, 1.165) is 42.5 Å². The van der Waals surface area contributed by atoms with Crippen molar-refractivity contribution in [2.75, 3.05) is 13.7 Å². The van der Waals surface area contributed by atoms with Crippen molar-refractivity contribution in [1.29, 1.82) is 0 Å². The number of nitrogens with zero attached hydrogens (tertiary/aromatic N) is 1. The molecule has 0 aliphatic heterocycles. The Labute approximate surface area is 180 Å². The van der Waals surface area contributed by atoms with Gasteiger partial charge in [0.05, 0.1) is 18.0 Å². The lowest BCUT2D eigenvalue weighted by atomic mass is 10.1. The van der Waals surface area contributed by atoms with Gasteiger partial charge in [-0.1, -0.05) is 30.7 Å². The van der Waals surface area contributed by atoms with Gasteiger partial charge in [-0.2, -0.15) is 0 Å². The van der Waals surface area contributed by atoms with E-state index in [1.165, 1.54) is 0 Å². The second-order valence-corrected chi connectivity index (χ2v) is 7.58. The van der Waals surface area contributed by atoms with Crippen LogP contribution in [-0.4, -0.2) is 29.1 Å². The standard InChI is InChI=1S/C23H27N3O3S/c1-29-18-12-10-17(11-13-18)14-15-24-21(27)9-3-2-6-16-26-22(28)19-7-4-5-8-20(19)25-23(26)30/h4-5,7-8,10-13H,2-3,6,9,14-16H2,1H3,(H,24,27)(H,25,30). The number of carbonyl (C=O) groups excluding carboxylic acids is 1. The van der Waals surface area contributed by atoms with Crippen LogP contribution in [0.25, 0.3) is 10.9 Å². The van der Waals surface area contributed by atoms with Crippen molar-refractivity contribution in [3.8, 4) is 5.75 Å². The number of para-hydroxylation sites is 1. The number of benzene rings is 2. The molecule has 1 aromatic heterocycles. The summed E-state index contributed by atoms with van der Waals surface area (Å²) >= 11 is 5.32. The highest BCUT2D eigenvalue weighted by molar-refractivity contribution is 7.71. The van der Waals surface area contributed by atoms with Gasteiger partial charge in [-0.3, -0.25) is 14.2 Å². The van der Waals surface area contributed by atoms with E-state index < -0.39 is 0 Å². The Hall–Kier alpha value is -2.93. The van der Waals surface area contributed by atoms with Crippen LogP contribution >= 0.6 is 12.2 Å². The highest BCUT2D eigenvalue weighted by Gasteiger charge is 2.06. The highest BCUT2D eigenvalue weighted by Crippen LogP contribution is 2.11. The molecule has 2 aromatic carbocycles. The summed E-state index contributed by atoms with van der Waals surface area (Å²) in [5, 5.41) is 3.60. The molecule has 0 bridgehead atoms. The summed E-state index contributed by atoms with van der Waals surface area (Å²) in [7, 11) is 1.64. The number of aromatic amines is 1. The quantitative estimate of drug-likeness (QED) is 0.380. The van der Waals surface area contributed by atoms with Gasteiger partial charge in [-0.15, -0.1) is 0 Å². The molecule has 3 rings (SSSR count). The Morgan fingerprint density at radius 2 is 1.87 bits per heavy atom. The minimum absolute atomic E-state index is 0.0590. The second-order valence-electron chi connectivity index (χ2n) is 7.19. The van der Waals surface area contributed by atoms with E-state index >= 15 is 0 Å². The summed E-state index contributed by atoms with van der Waals surface area (Å²) in [6, 6.07) is 15.2. The van der Waals surface area contributed by atoms with Gasteiger partial charge < -0.3 is 15.0 Å². The van der Waals surface area contributed by atoms with E-state index in [0.29, 0.717) is 29.7 Å². The Bertz CT molecular complexity index is 1100. The minimum atomic E-state index is -0.0642. The number of hydrogen-bond donors (Lipinski definition) is 2. The van der Waals surface area contributed by atoms with Crippen LogP contribution in [-0.2, 0) is 17.8 Å². The molecule has 0 unspecified atom stereocenters. The first-order valence-electron chi connectivity index (χ1n) is 10.2. The van der Waals surface area contributed by atoms with Crippen molar-refractivity contribution in [2.24, 2.45) is 0 Å². The number of unbranched alkanes of at least 4 members (excludes halogenated alkanes) is 2. The molecule has 0 fully saturated rings. The number of hydrogen-bond acceptors (Lipinski definition) is 4. The molecule has 1 heterocycles. The number of methoxy groups -OCH3 is 1. The van der Waals surface area contributed by atoms with Crippen LogP contribution in [0.2, 0.25) is 0 Å². The molecule has 0 saturated carbocycles. The number of carbonyl (C=O) groups is 1. The summed E-state index contributed by atoms with van der Waals surface area (Å²) in [6.07, 6.45) is 3.72. The molecule has 6 nitrogen and oxygen atoms in total. The molecule has 30 heavy (non-hydrogen) atoms. The Morgan fingerprint density at radius 3 is 2.63 bits per heavy atom. The monoisotopic (exact) mass is 425 g/mol. The predicted molar refractivity (Wildman–Crippen MR) is 122 cm³/mol. The number of rotatable bonds is 10. The zero-order chi connectivity index (χ0) is 21.3. The largest absolute Gasteiger partial charge is 0.497 e. The number of fused-ring (bicyclic) bond motifs is 1. The van der Waals surface area contributed by atoms with E-state index in [2.05, 4.69) is 10.3 Å². The molecule has 0 aliphatic carbocycles. The maximum atomic E-state index is 12.6. The second kappa shape index (κ2) is 10.7. The van der Waals surface area contributed by atoms with E-state index in [-0.39, 0.29) is 11.5 Å². The summed E-state index contributed by atoms with van der Waals surface area (Å²) in [5.41, 5.74) is 1.86. The van der Waals surface area contributed by atoms with Crippen molar-refractivity contribution in [2.45, 2.75) is 38.6 Å². The smallest absolute Gasteiger partial charge is 0.262 e. The molecule has 0 saturated heterocycles. The minimum Gasteiger partial charge on any atom is -0.497 e. The predicted octanol–water partition coefficient (Wildman–Crippen LogP) is 3.99. The Morgan fingerprint density at radius 1 is 1.10 bits per heavy atom. The zero-order valence-corrected chi connectivity index (χ0v) is 18.0. The van der Waals surface area contributed by atoms with Gasteiger partial charge >= 0.3 is 0 Å². The Balaban J connectivity index is 1.37. The van der Waals surface area contributed by atoms with Crippen molar-refractivity contribution < 1.29 is 9.53 Å². The van der Waals surface area contributed by atoms with Gasteiger partial charge in [0, 0.05) is 19.5 Å². The molecule has 7 heteroatoms. The number of H-pyrrole nitrogens is 1. The first-order chi connectivity index (χ1) is 14.6. The molecule has 3 aromatic rings. The third-order valence-corrected chi connectivity index (χ3v) is 5.39. The number of ether oxygens (including phenoxy) is 1. The van der Waals surface area contributed by atoms with Crippen molar-refractivity contribution in [1.82, 2.24) is 14.9 Å². The van der Waals surface area contributed by atoms with Gasteiger partial charge in [0.15, 0.2) is 4.77 Å². The molecule has 0 aliphatic rings. The molecule has 0 radical (unpaired) electrons. The normalized spacial score (nSPS) is 10.8. The third kappa shape index (κ3) is 5.79. The van der Waals surface area contributed by atoms with Crippen LogP contribution in [0.1, 0.15) is 31.2 Å². The highest BCUT2D eigenvalue weighted by atomic mass is 32.1. The topological polar surface area (TPSA) is 76.1 Å². The fourth-order valence-corrected chi connectivity index (χ4v) is 3.65. The molecule has 1 amide bonds. The average molecular weight is 426 g/mol. The van der Waals surface area contributed by atoms with Crippen LogP contribution in [0.15, 0.2) is 53.3 Å². The van der Waals surface area contributed by atoms with Crippen LogP contribution in [0, 0.1) is 4.77 Å². The summed E-state index contributed by atoms with van der Waals surface area (Å²) in [4.78, 5) is 27.7. The number of amides is 1. The van der Waals surface area contributed by atoms with Crippen LogP contribution < -0.4 is 15.6 Å². The van der Waals surface area contributed by atoms with Crippen molar-refractivity contribution in [3.63, 3.8) is 0 Å². The molecule has 0 spiro atoms. The first kappa shape index (κ1) is 21.8. The van der Waals surface area contributed by atoms with Crippen LogP contribution in [0.5, 0.6) is 5.75 Å². The van der Waals surface area contributed by atoms with Crippen LogP contribution in [0.4, 0.5) is 0 Å². The number of nitrogens with one attached hydrogen (secondary N) is 2. The van der Waals surface area contributed by atoms with Gasteiger partial charge in [0.1, 0.15) is 5.75 Å². The van der Waals surface area contributed by atoms with Gasteiger partial charge in [-0.05, 0) is 61.3 Å². The lowest BCUT2D eigenvalue weighted by molar-refractivity contribution is -0.121. The average Bonchev–Trinajstić information content (AvgIpc) is 2.76. The fraction of sp³-hybridized carbons (Fsp3) is 0.348. The molecular formula is C23H27N3O3S. The molecular weight excluding hydrogens is 398 g/mol. The molecule has 158 valence electrons. The van der Waals surface area contributed by atoms with Crippen LogP contribution in [0.3, 0.4) is 0 Å². The lowest BCUT2D eigenvalue weighted by Crippen LogP contribution is -2.25. The molecule has 0 atom stereocenters. The zero-order valence-electron chi connectivity index (χ0n) is 17.1. The van der Waals surface area contributed by atoms with E-state index in [1.807, 2.05) is 42.5 Å². The van der Waals surface area contributed by atoms with Gasteiger partial charge in [0.2, 0.25) is 5.91 Å². The molecule has 2 N–H and O–H groups in total. The van der Waals surface area contributed by atoms with Gasteiger partial charge in [0.25, 0.3) is 5.56 Å². The van der Waals surface area contributed by atoms with E-state index in [4.69, 9.17) is 17.0 Å². The third-order valence-electron chi connectivity index (χ3n) is 5.07. The maximum Gasteiger partial charge on any atom is 0.262 e. The van der Waals surface area contributed by atoms with Gasteiger partial charge in [-0.25, -0.2) is 0 Å². The van der Waals surface area contributed by atoms with Crippen molar-refractivity contribution >= 4 is 29.0 Å². The van der Waals surface area contributed by atoms with Crippen molar-refractivity contribution in [3.05, 3.63) is 69.2 Å². The maximum absolute atomic E-state index is 12.6. The fourth-order valence-electron chi connectivity index (χ4n) is 3.36. The summed E-state index contributed by atoms with van der Waals surface area (Å²) in [5.74, 6) is 0.887.